The Morgan fingerprint density at radius 3 is 2.30 bits per heavy atom. The van der Waals surface area contributed by atoms with E-state index in [1.807, 2.05) is 24.3 Å². The number of aryl methyl sites for hydroxylation is 1. The first-order chi connectivity index (χ1) is 13.2. The summed E-state index contributed by atoms with van der Waals surface area (Å²) in [6.07, 6.45) is 7.41. The monoisotopic (exact) mass is 369 g/mol. The maximum Gasteiger partial charge on any atom is 0.304 e. The van der Waals surface area contributed by atoms with Crippen LogP contribution in [0.25, 0.3) is 0 Å². The van der Waals surface area contributed by atoms with E-state index in [1.54, 1.807) is 0 Å². The van der Waals surface area contributed by atoms with Gasteiger partial charge in [-0.1, -0.05) is 61.7 Å². The fourth-order valence-electron chi connectivity index (χ4n) is 2.93. The molecular weight excluding hydrogens is 338 g/mol. The van der Waals surface area contributed by atoms with E-state index >= 15 is 0 Å². The van der Waals surface area contributed by atoms with Gasteiger partial charge in [0.15, 0.2) is 0 Å². The Morgan fingerprint density at radius 1 is 0.852 bits per heavy atom. The third-order valence-corrected chi connectivity index (χ3v) is 4.49. The van der Waals surface area contributed by atoms with Crippen LogP contribution < -0.4 is 10.1 Å². The molecule has 146 valence electrons. The predicted octanol–water partition coefficient (Wildman–Crippen LogP) is 4.82. The molecule has 2 rings (SSSR count). The zero-order chi connectivity index (χ0) is 19.2. The van der Waals surface area contributed by atoms with E-state index in [0.717, 1.165) is 24.3 Å². The van der Waals surface area contributed by atoms with Crippen molar-refractivity contribution in [3.8, 4) is 5.75 Å². The molecule has 4 heteroatoms. The molecule has 0 amide bonds. The molecule has 0 aliphatic rings. The SMILES string of the molecule is O=C(O)CCNCc1ccc(OCCCCCCCc2ccccc2)cc1. The summed E-state index contributed by atoms with van der Waals surface area (Å²) >= 11 is 0. The van der Waals surface area contributed by atoms with Crippen LogP contribution in [-0.4, -0.2) is 24.2 Å². The highest BCUT2D eigenvalue weighted by molar-refractivity contribution is 5.66. The van der Waals surface area contributed by atoms with E-state index in [4.69, 9.17) is 9.84 Å². The van der Waals surface area contributed by atoms with Crippen LogP contribution >= 0.6 is 0 Å². The van der Waals surface area contributed by atoms with Crippen LogP contribution in [-0.2, 0) is 17.8 Å². The number of carboxylic acid groups (broad SMARTS) is 1. The molecule has 0 unspecified atom stereocenters. The molecular formula is C23H31NO3. The molecule has 0 radical (unpaired) electrons. The average Bonchev–Trinajstić information content (AvgIpc) is 2.69. The van der Waals surface area contributed by atoms with Gasteiger partial charge in [-0.15, -0.1) is 0 Å². The van der Waals surface area contributed by atoms with Crippen LogP contribution in [0.4, 0.5) is 0 Å². The molecule has 0 aliphatic carbocycles. The van der Waals surface area contributed by atoms with Crippen molar-refractivity contribution in [1.29, 1.82) is 0 Å². The molecule has 0 bridgehead atoms. The summed E-state index contributed by atoms with van der Waals surface area (Å²) in [4.78, 5) is 10.5. The van der Waals surface area contributed by atoms with E-state index in [-0.39, 0.29) is 6.42 Å². The van der Waals surface area contributed by atoms with Gasteiger partial charge in [0.1, 0.15) is 5.75 Å². The summed E-state index contributed by atoms with van der Waals surface area (Å²) in [7, 11) is 0. The van der Waals surface area contributed by atoms with E-state index in [2.05, 4.69) is 35.6 Å². The van der Waals surface area contributed by atoms with Gasteiger partial charge < -0.3 is 15.2 Å². The molecule has 0 aromatic heterocycles. The van der Waals surface area contributed by atoms with Gasteiger partial charge in [-0.2, -0.15) is 0 Å². The Morgan fingerprint density at radius 2 is 1.56 bits per heavy atom. The molecule has 2 aromatic rings. The first kappa shape index (κ1) is 21.0. The molecule has 0 aliphatic heterocycles. The Kier molecular flexibility index (Phi) is 10.0. The van der Waals surface area contributed by atoms with Crippen LogP contribution in [0.3, 0.4) is 0 Å². The molecule has 0 heterocycles. The first-order valence-corrected chi connectivity index (χ1v) is 9.92. The summed E-state index contributed by atoms with van der Waals surface area (Å²) < 4.78 is 5.80. The van der Waals surface area contributed by atoms with E-state index in [1.165, 1.54) is 37.7 Å². The predicted molar refractivity (Wildman–Crippen MR) is 109 cm³/mol. The number of hydrogen-bond acceptors (Lipinski definition) is 3. The fourth-order valence-corrected chi connectivity index (χ4v) is 2.93. The quantitative estimate of drug-likeness (QED) is 0.469. The van der Waals surface area contributed by atoms with Crippen molar-refractivity contribution in [2.45, 2.75) is 51.5 Å². The van der Waals surface area contributed by atoms with E-state index in [9.17, 15) is 4.79 Å². The lowest BCUT2D eigenvalue weighted by Gasteiger charge is -2.08. The third kappa shape index (κ3) is 9.80. The Labute approximate surface area is 162 Å². The number of rotatable bonds is 14. The molecule has 4 nitrogen and oxygen atoms in total. The lowest BCUT2D eigenvalue weighted by Crippen LogP contribution is -2.17. The first-order valence-electron chi connectivity index (χ1n) is 9.92. The van der Waals surface area contributed by atoms with Crippen molar-refractivity contribution in [2.75, 3.05) is 13.2 Å². The van der Waals surface area contributed by atoms with Gasteiger partial charge >= 0.3 is 5.97 Å². The summed E-state index contributed by atoms with van der Waals surface area (Å²) in [5, 5.41) is 11.7. The largest absolute Gasteiger partial charge is 0.494 e. The molecule has 0 saturated carbocycles. The van der Waals surface area contributed by atoms with Crippen molar-refractivity contribution in [3.63, 3.8) is 0 Å². The minimum Gasteiger partial charge on any atom is -0.494 e. The standard InChI is InChI=1S/C23H31NO3/c25-23(26)16-17-24-19-21-12-14-22(15-13-21)27-18-8-3-1-2-5-9-20-10-6-4-7-11-20/h4,6-7,10-15,24H,1-3,5,8-9,16-19H2,(H,25,26). The van der Waals surface area contributed by atoms with Gasteiger partial charge in [0, 0.05) is 13.1 Å². The second-order valence-corrected chi connectivity index (χ2v) is 6.82. The maximum absolute atomic E-state index is 10.5. The zero-order valence-corrected chi connectivity index (χ0v) is 16.0. The number of benzene rings is 2. The number of ether oxygens (including phenoxy) is 1. The van der Waals surface area contributed by atoms with Crippen molar-refractivity contribution in [1.82, 2.24) is 5.32 Å². The molecule has 0 atom stereocenters. The Hall–Kier alpha value is -2.33. The summed E-state index contributed by atoms with van der Waals surface area (Å²) in [6, 6.07) is 18.7. The summed E-state index contributed by atoms with van der Waals surface area (Å²) in [5.41, 5.74) is 2.56. The van der Waals surface area contributed by atoms with Gasteiger partial charge in [0.25, 0.3) is 0 Å². The van der Waals surface area contributed by atoms with Gasteiger partial charge in [-0.25, -0.2) is 0 Å². The second kappa shape index (κ2) is 12.9. The van der Waals surface area contributed by atoms with Crippen molar-refractivity contribution in [3.05, 3.63) is 65.7 Å². The van der Waals surface area contributed by atoms with Crippen LogP contribution in [0.15, 0.2) is 54.6 Å². The van der Waals surface area contributed by atoms with Crippen molar-refractivity contribution in [2.24, 2.45) is 0 Å². The molecule has 0 saturated heterocycles. The zero-order valence-electron chi connectivity index (χ0n) is 16.0. The molecule has 0 spiro atoms. The Balaban J connectivity index is 1.47. The molecule has 0 fully saturated rings. The van der Waals surface area contributed by atoms with Crippen molar-refractivity contribution >= 4 is 5.97 Å². The third-order valence-electron chi connectivity index (χ3n) is 4.49. The number of carboxylic acids is 1. The van der Waals surface area contributed by atoms with Crippen molar-refractivity contribution < 1.29 is 14.6 Å². The second-order valence-electron chi connectivity index (χ2n) is 6.82. The topological polar surface area (TPSA) is 58.6 Å². The highest BCUT2D eigenvalue weighted by Crippen LogP contribution is 2.14. The number of carbonyl (C=O) groups is 1. The maximum atomic E-state index is 10.5. The minimum atomic E-state index is -0.776. The highest BCUT2D eigenvalue weighted by Gasteiger charge is 1.99. The van der Waals surface area contributed by atoms with Gasteiger partial charge in [0.05, 0.1) is 13.0 Å². The minimum absolute atomic E-state index is 0.146. The lowest BCUT2D eigenvalue weighted by atomic mass is 10.1. The molecule has 2 aromatic carbocycles. The lowest BCUT2D eigenvalue weighted by molar-refractivity contribution is -0.136. The Bertz CT molecular complexity index is 640. The summed E-state index contributed by atoms with van der Waals surface area (Å²) in [6.45, 7) is 1.92. The highest BCUT2D eigenvalue weighted by atomic mass is 16.5. The van der Waals surface area contributed by atoms with Crippen LogP contribution in [0.5, 0.6) is 5.75 Å². The number of nitrogens with one attached hydrogen (secondary N) is 1. The molecule has 2 N–H and O–H groups in total. The summed E-state index contributed by atoms with van der Waals surface area (Å²) in [5.74, 6) is 0.121. The number of hydrogen-bond donors (Lipinski definition) is 2. The van der Waals surface area contributed by atoms with Gasteiger partial charge in [-0.05, 0) is 42.5 Å². The van der Waals surface area contributed by atoms with Crippen LogP contribution in [0, 0.1) is 0 Å². The van der Waals surface area contributed by atoms with Gasteiger partial charge in [-0.3, -0.25) is 4.79 Å². The van der Waals surface area contributed by atoms with Crippen LogP contribution in [0.1, 0.15) is 49.7 Å². The smallest absolute Gasteiger partial charge is 0.304 e. The van der Waals surface area contributed by atoms with E-state index < -0.39 is 5.97 Å². The fraction of sp³-hybridized carbons (Fsp3) is 0.435. The van der Waals surface area contributed by atoms with E-state index in [0.29, 0.717) is 13.1 Å². The van der Waals surface area contributed by atoms with Gasteiger partial charge in [0.2, 0.25) is 0 Å². The number of unbranched alkanes of at least 4 members (excludes halogenated alkanes) is 4. The van der Waals surface area contributed by atoms with Crippen LogP contribution in [0.2, 0.25) is 0 Å². The normalized spacial score (nSPS) is 10.7. The average molecular weight is 370 g/mol. The molecule has 27 heavy (non-hydrogen) atoms. The number of aliphatic carboxylic acids is 1.